The summed E-state index contributed by atoms with van der Waals surface area (Å²) in [5, 5.41) is 3.05. The standard InChI is InChI=1S/C13H20N4O2/c1-3-14-12-9-15-11(8-16-12)13(18)17(6-7-19-2)10-4-5-10/h8-10H,3-7H2,1-2H3,(H,14,16). The van der Waals surface area contributed by atoms with Crippen LogP contribution < -0.4 is 5.32 Å². The lowest BCUT2D eigenvalue weighted by Crippen LogP contribution is -2.36. The number of hydrogen-bond acceptors (Lipinski definition) is 5. The van der Waals surface area contributed by atoms with Crippen molar-refractivity contribution in [2.75, 3.05) is 32.1 Å². The molecule has 0 saturated heterocycles. The second-order valence-corrected chi connectivity index (χ2v) is 4.54. The molecule has 1 saturated carbocycles. The van der Waals surface area contributed by atoms with Crippen molar-refractivity contribution < 1.29 is 9.53 Å². The average molecular weight is 264 g/mol. The fraction of sp³-hybridized carbons (Fsp3) is 0.615. The van der Waals surface area contributed by atoms with Crippen molar-refractivity contribution in [2.24, 2.45) is 0 Å². The number of anilines is 1. The number of carbonyl (C=O) groups is 1. The van der Waals surface area contributed by atoms with E-state index < -0.39 is 0 Å². The van der Waals surface area contributed by atoms with Gasteiger partial charge in [-0.2, -0.15) is 0 Å². The van der Waals surface area contributed by atoms with E-state index in [0.717, 1.165) is 19.4 Å². The molecule has 0 bridgehead atoms. The Bertz CT molecular complexity index is 417. The van der Waals surface area contributed by atoms with Crippen LogP contribution in [0.5, 0.6) is 0 Å². The number of nitrogens with zero attached hydrogens (tertiary/aromatic N) is 3. The van der Waals surface area contributed by atoms with Gasteiger partial charge in [0.15, 0.2) is 0 Å². The normalized spacial score (nSPS) is 14.2. The van der Waals surface area contributed by atoms with Crippen LogP contribution in [-0.2, 0) is 4.74 Å². The molecule has 1 aliphatic carbocycles. The van der Waals surface area contributed by atoms with Crippen LogP contribution in [0.4, 0.5) is 5.82 Å². The van der Waals surface area contributed by atoms with Crippen LogP contribution in [0.25, 0.3) is 0 Å². The van der Waals surface area contributed by atoms with Gasteiger partial charge in [0.25, 0.3) is 5.91 Å². The smallest absolute Gasteiger partial charge is 0.274 e. The third-order valence-corrected chi connectivity index (χ3v) is 3.01. The molecule has 0 unspecified atom stereocenters. The van der Waals surface area contributed by atoms with Crippen LogP contribution in [0.15, 0.2) is 12.4 Å². The zero-order valence-electron chi connectivity index (χ0n) is 11.4. The number of hydrogen-bond donors (Lipinski definition) is 1. The van der Waals surface area contributed by atoms with Gasteiger partial charge in [-0.05, 0) is 19.8 Å². The van der Waals surface area contributed by atoms with Crippen LogP contribution in [-0.4, -0.2) is 53.6 Å². The molecular formula is C13H20N4O2. The summed E-state index contributed by atoms with van der Waals surface area (Å²) in [5.41, 5.74) is 0.393. The number of aromatic nitrogens is 2. The van der Waals surface area contributed by atoms with Gasteiger partial charge >= 0.3 is 0 Å². The third-order valence-electron chi connectivity index (χ3n) is 3.01. The summed E-state index contributed by atoms with van der Waals surface area (Å²) >= 11 is 0. The third kappa shape index (κ3) is 3.64. The van der Waals surface area contributed by atoms with Gasteiger partial charge < -0.3 is 15.0 Å². The first-order valence-corrected chi connectivity index (χ1v) is 6.62. The summed E-state index contributed by atoms with van der Waals surface area (Å²) < 4.78 is 5.05. The average Bonchev–Trinajstić information content (AvgIpc) is 3.25. The van der Waals surface area contributed by atoms with Crippen molar-refractivity contribution in [2.45, 2.75) is 25.8 Å². The van der Waals surface area contributed by atoms with E-state index in [1.807, 2.05) is 11.8 Å². The first-order chi connectivity index (χ1) is 9.26. The maximum atomic E-state index is 12.3. The van der Waals surface area contributed by atoms with Gasteiger partial charge in [0.2, 0.25) is 0 Å². The molecule has 0 aliphatic heterocycles. The summed E-state index contributed by atoms with van der Waals surface area (Å²) in [6.07, 6.45) is 5.26. The number of methoxy groups -OCH3 is 1. The Hall–Kier alpha value is -1.69. The lowest BCUT2D eigenvalue weighted by molar-refractivity contribution is 0.0674. The maximum absolute atomic E-state index is 12.3. The van der Waals surface area contributed by atoms with Crippen LogP contribution >= 0.6 is 0 Å². The zero-order valence-corrected chi connectivity index (χ0v) is 11.4. The number of carbonyl (C=O) groups excluding carboxylic acids is 1. The molecule has 6 heteroatoms. The molecule has 1 heterocycles. The van der Waals surface area contributed by atoms with Crippen LogP contribution in [0.1, 0.15) is 30.3 Å². The molecule has 6 nitrogen and oxygen atoms in total. The van der Waals surface area contributed by atoms with E-state index >= 15 is 0 Å². The SMILES string of the molecule is CCNc1cnc(C(=O)N(CCOC)C2CC2)cn1. The van der Waals surface area contributed by atoms with Crippen molar-refractivity contribution in [3.63, 3.8) is 0 Å². The number of nitrogens with one attached hydrogen (secondary N) is 1. The van der Waals surface area contributed by atoms with Crippen molar-refractivity contribution in [1.82, 2.24) is 14.9 Å². The maximum Gasteiger partial charge on any atom is 0.274 e. The minimum Gasteiger partial charge on any atom is -0.383 e. The molecule has 1 aromatic heterocycles. The monoisotopic (exact) mass is 264 g/mol. The fourth-order valence-electron chi connectivity index (χ4n) is 1.88. The van der Waals surface area contributed by atoms with Crippen molar-refractivity contribution >= 4 is 11.7 Å². The lowest BCUT2D eigenvalue weighted by Gasteiger charge is -2.21. The van der Waals surface area contributed by atoms with Crippen molar-refractivity contribution in [3.8, 4) is 0 Å². The van der Waals surface area contributed by atoms with Gasteiger partial charge in [-0.1, -0.05) is 0 Å². The highest BCUT2D eigenvalue weighted by atomic mass is 16.5. The molecule has 2 rings (SSSR count). The fourth-order valence-corrected chi connectivity index (χ4v) is 1.88. The molecule has 1 amide bonds. The summed E-state index contributed by atoms with van der Waals surface area (Å²) in [6.45, 7) is 3.92. The second kappa shape index (κ2) is 6.47. The minimum atomic E-state index is -0.0601. The molecule has 0 radical (unpaired) electrons. The number of rotatable bonds is 7. The Balaban J connectivity index is 2.03. The van der Waals surface area contributed by atoms with Gasteiger partial charge in [-0.15, -0.1) is 0 Å². The quantitative estimate of drug-likeness (QED) is 0.800. The second-order valence-electron chi connectivity index (χ2n) is 4.54. The number of ether oxygens (including phenoxy) is 1. The Kier molecular flexibility index (Phi) is 4.68. The molecule has 0 spiro atoms. The summed E-state index contributed by atoms with van der Waals surface area (Å²) in [4.78, 5) is 22.5. The van der Waals surface area contributed by atoms with E-state index in [-0.39, 0.29) is 5.91 Å². The Labute approximate surface area is 113 Å². The van der Waals surface area contributed by atoms with Crippen LogP contribution in [0, 0.1) is 0 Å². The molecular weight excluding hydrogens is 244 g/mol. The predicted molar refractivity (Wildman–Crippen MR) is 72.1 cm³/mol. The van der Waals surface area contributed by atoms with E-state index in [4.69, 9.17) is 4.74 Å². The molecule has 0 aromatic carbocycles. The van der Waals surface area contributed by atoms with Gasteiger partial charge in [0.1, 0.15) is 11.5 Å². The first kappa shape index (κ1) is 13.7. The molecule has 104 valence electrons. The highest BCUT2D eigenvalue weighted by Crippen LogP contribution is 2.27. The predicted octanol–water partition coefficient (Wildman–Crippen LogP) is 1.16. The lowest BCUT2D eigenvalue weighted by atomic mass is 10.3. The molecule has 0 atom stereocenters. The van der Waals surface area contributed by atoms with Crippen molar-refractivity contribution in [1.29, 1.82) is 0 Å². The highest BCUT2D eigenvalue weighted by Gasteiger charge is 2.33. The van der Waals surface area contributed by atoms with Gasteiger partial charge in [-0.3, -0.25) is 4.79 Å². The Morgan fingerprint density at radius 2 is 2.26 bits per heavy atom. The van der Waals surface area contributed by atoms with E-state index in [9.17, 15) is 4.79 Å². The minimum absolute atomic E-state index is 0.0601. The van der Waals surface area contributed by atoms with Crippen molar-refractivity contribution in [3.05, 3.63) is 18.1 Å². The van der Waals surface area contributed by atoms with Gasteiger partial charge in [0.05, 0.1) is 19.0 Å². The van der Waals surface area contributed by atoms with Crippen LogP contribution in [0.2, 0.25) is 0 Å². The van der Waals surface area contributed by atoms with E-state index in [1.54, 1.807) is 13.3 Å². The zero-order chi connectivity index (χ0) is 13.7. The molecule has 1 aromatic rings. The largest absolute Gasteiger partial charge is 0.383 e. The van der Waals surface area contributed by atoms with Gasteiger partial charge in [-0.25, -0.2) is 9.97 Å². The molecule has 19 heavy (non-hydrogen) atoms. The molecule has 1 aliphatic rings. The summed E-state index contributed by atoms with van der Waals surface area (Å²) in [5.74, 6) is 0.629. The first-order valence-electron chi connectivity index (χ1n) is 6.62. The van der Waals surface area contributed by atoms with E-state index in [2.05, 4.69) is 15.3 Å². The van der Waals surface area contributed by atoms with Gasteiger partial charge in [0, 0.05) is 26.2 Å². The molecule has 1 N–H and O–H groups in total. The Morgan fingerprint density at radius 3 is 2.79 bits per heavy atom. The van der Waals surface area contributed by atoms with Crippen LogP contribution in [0.3, 0.4) is 0 Å². The van der Waals surface area contributed by atoms with E-state index in [1.165, 1.54) is 6.20 Å². The van der Waals surface area contributed by atoms with E-state index in [0.29, 0.717) is 30.7 Å². The summed E-state index contributed by atoms with van der Waals surface area (Å²) in [6, 6.07) is 0.345. The number of amides is 1. The Morgan fingerprint density at radius 1 is 1.47 bits per heavy atom. The summed E-state index contributed by atoms with van der Waals surface area (Å²) in [7, 11) is 1.64. The molecule has 1 fully saturated rings. The highest BCUT2D eigenvalue weighted by molar-refractivity contribution is 5.92. The topological polar surface area (TPSA) is 67.4 Å².